The van der Waals surface area contributed by atoms with Crippen molar-refractivity contribution in [1.29, 1.82) is 0 Å². The largest absolute Gasteiger partial charge is 0.252 e. The fourth-order valence-electron chi connectivity index (χ4n) is 0.270. The molecular formula is C5H2ClN. The van der Waals surface area contributed by atoms with Crippen LogP contribution < -0.4 is 0 Å². The van der Waals surface area contributed by atoms with E-state index in [4.69, 9.17) is 11.6 Å². The van der Waals surface area contributed by atoms with Gasteiger partial charge in [-0.05, 0) is 6.07 Å². The van der Waals surface area contributed by atoms with Gasteiger partial charge in [0, 0.05) is 12.3 Å². The lowest BCUT2D eigenvalue weighted by Crippen LogP contribution is -1.66. The van der Waals surface area contributed by atoms with Gasteiger partial charge in [-0.15, -0.1) is 0 Å². The normalized spacial score (nSPS) is 8.71. The predicted octanol–water partition coefficient (Wildman–Crippen LogP) is 1.34. The van der Waals surface area contributed by atoms with Crippen molar-refractivity contribution in [2.75, 3.05) is 0 Å². The van der Waals surface area contributed by atoms with E-state index in [2.05, 4.69) is 17.2 Å². The van der Waals surface area contributed by atoms with E-state index in [-0.39, 0.29) is 0 Å². The number of hydrogen-bond acceptors (Lipinski definition) is 1. The molecule has 1 nitrogen and oxygen atoms in total. The molecular weight excluding hydrogens is 110 g/mol. The molecule has 1 aromatic rings. The van der Waals surface area contributed by atoms with Crippen molar-refractivity contribution in [3.05, 3.63) is 29.5 Å². The fourth-order valence-corrected chi connectivity index (χ4v) is 0.373. The molecule has 0 aromatic carbocycles. The number of rotatable bonds is 0. The van der Waals surface area contributed by atoms with Crippen LogP contribution in [0.25, 0.3) is 0 Å². The third kappa shape index (κ3) is 1.16. The standard InChI is InChI=1S/C5H2ClN/c6-5-2-1-3-7-4-5/h2,4H. The van der Waals surface area contributed by atoms with Crippen molar-refractivity contribution in [3.63, 3.8) is 0 Å². The second-order valence-corrected chi connectivity index (χ2v) is 1.48. The van der Waals surface area contributed by atoms with Gasteiger partial charge in [0.05, 0.1) is 11.2 Å². The van der Waals surface area contributed by atoms with Crippen molar-refractivity contribution in [2.45, 2.75) is 0 Å². The van der Waals surface area contributed by atoms with Crippen molar-refractivity contribution in [1.82, 2.24) is 4.98 Å². The monoisotopic (exact) mass is 111 g/mol. The molecule has 0 atom stereocenters. The Bertz CT molecular complexity index is 138. The van der Waals surface area contributed by atoms with Crippen LogP contribution in [-0.2, 0) is 0 Å². The Morgan fingerprint density at radius 3 is 2.86 bits per heavy atom. The van der Waals surface area contributed by atoms with E-state index >= 15 is 0 Å². The first-order valence-electron chi connectivity index (χ1n) is 1.79. The van der Waals surface area contributed by atoms with Gasteiger partial charge in [-0.1, -0.05) is 11.6 Å². The molecule has 34 valence electrons. The third-order valence-electron chi connectivity index (χ3n) is 0.527. The van der Waals surface area contributed by atoms with Gasteiger partial charge >= 0.3 is 0 Å². The van der Waals surface area contributed by atoms with Crippen LogP contribution in [0.4, 0.5) is 0 Å². The van der Waals surface area contributed by atoms with Gasteiger partial charge in [0.1, 0.15) is 0 Å². The second kappa shape index (κ2) is 1.94. The van der Waals surface area contributed by atoms with E-state index < -0.39 is 0 Å². The highest BCUT2D eigenvalue weighted by Crippen LogP contribution is 2.00. The van der Waals surface area contributed by atoms with Crippen LogP contribution in [0.15, 0.2) is 12.3 Å². The summed E-state index contributed by atoms with van der Waals surface area (Å²) in [7, 11) is 0. The maximum absolute atomic E-state index is 5.43. The number of aromatic nitrogens is 1. The molecule has 7 heavy (non-hydrogen) atoms. The maximum Gasteiger partial charge on any atom is 0.0972 e. The summed E-state index contributed by atoms with van der Waals surface area (Å²) in [5, 5.41) is 0.596. The molecule has 0 saturated heterocycles. The van der Waals surface area contributed by atoms with Crippen LogP contribution in [0.1, 0.15) is 0 Å². The average molecular weight is 112 g/mol. The van der Waals surface area contributed by atoms with Gasteiger partial charge in [-0.3, -0.25) is 4.98 Å². The molecule has 2 heteroatoms. The summed E-state index contributed by atoms with van der Waals surface area (Å²) >= 11 is 5.43. The summed E-state index contributed by atoms with van der Waals surface area (Å²) in [6, 6.07) is 4.20. The molecule has 0 amide bonds. The fraction of sp³-hybridized carbons (Fsp3) is 0. The molecule has 0 bridgehead atoms. The molecule has 1 rings (SSSR count). The number of halogens is 1. The van der Waals surface area contributed by atoms with Crippen molar-refractivity contribution in [2.24, 2.45) is 0 Å². The highest BCUT2D eigenvalue weighted by molar-refractivity contribution is 6.30. The van der Waals surface area contributed by atoms with E-state index in [0.29, 0.717) is 5.02 Å². The second-order valence-electron chi connectivity index (χ2n) is 1.04. The predicted molar refractivity (Wildman–Crippen MR) is 26.9 cm³/mol. The van der Waals surface area contributed by atoms with Crippen molar-refractivity contribution < 1.29 is 0 Å². The molecule has 0 fully saturated rings. The van der Waals surface area contributed by atoms with E-state index in [9.17, 15) is 0 Å². The van der Waals surface area contributed by atoms with Gasteiger partial charge in [0.15, 0.2) is 0 Å². The summed E-state index contributed by atoms with van der Waals surface area (Å²) in [6.07, 6.45) is 3.99. The zero-order valence-electron chi connectivity index (χ0n) is 3.48. The number of nitrogens with zero attached hydrogens (tertiary/aromatic N) is 1. The summed E-state index contributed by atoms with van der Waals surface area (Å²) in [5.74, 6) is 0. The summed E-state index contributed by atoms with van der Waals surface area (Å²) in [5.41, 5.74) is 0. The Labute approximate surface area is 47.0 Å². The summed E-state index contributed by atoms with van der Waals surface area (Å²) < 4.78 is 0. The first-order chi connectivity index (χ1) is 3.39. The zero-order chi connectivity index (χ0) is 5.11. The lowest BCUT2D eigenvalue weighted by atomic mass is 10.5. The van der Waals surface area contributed by atoms with E-state index in [1.54, 1.807) is 6.07 Å². The van der Waals surface area contributed by atoms with Crippen LogP contribution in [0, 0.1) is 12.3 Å². The molecule has 0 aliphatic heterocycles. The SMILES string of the molecule is Clc1c[c][c]nc1. The first-order valence-corrected chi connectivity index (χ1v) is 2.16. The topological polar surface area (TPSA) is 12.9 Å². The maximum atomic E-state index is 5.43. The minimum absolute atomic E-state index is 0.596. The van der Waals surface area contributed by atoms with E-state index in [1.807, 2.05) is 0 Å². The molecule has 0 aliphatic carbocycles. The van der Waals surface area contributed by atoms with Crippen molar-refractivity contribution in [3.8, 4) is 0 Å². The Morgan fingerprint density at radius 2 is 2.57 bits per heavy atom. The Morgan fingerprint density at radius 1 is 1.71 bits per heavy atom. The number of hydrogen-bond donors (Lipinski definition) is 0. The van der Waals surface area contributed by atoms with Crippen LogP contribution in [0.2, 0.25) is 5.02 Å². The van der Waals surface area contributed by atoms with Crippen LogP contribution in [0.3, 0.4) is 0 Å². The van der Waals surface area contributed by atoms with Gasteiger partial charge in [0.25, 0.3) is 0 Å². The van der Waals surface area contributed by atoms with Crippen LogP contribution >= 0.6 is 11.6 Å². The Balaban J connectivity index is 3.02. The molecule has 0 saturated carbocycles. The lowest BCUT2D eigenvalue weighted by Gasteiger charge is -1.78. The molecule has 0 unspecified atom stereocenters. The molecule has 0 spiro atoms. The Hall–Kier alpha value is -0.560. The molecule has 0 N–H and O–H groups in total. The minimum atomic E-state index is 0.596. The smallest absolute Gasteiger partial charge is 0.0972 e. The Kier molecular flexibility index (Phi) is 1.27. The summed E-state index contributed by atoms with van der Waals surface area (Å²) in [6.45, 7) is 0. The van der Waals surface area contributed by atoms with Gasteiger partial charge in [0.2, 0.25) is 0 Å². The van der Waals surface area contributed by atoms with Gasteiger partial charge < -0.3 is 0 Å². The lowest BCUT2D eigenvalue weighted by molar-refractivity contribution is 1.31. The molecule has 1 aromatic heterocycles. The quantitative estimate of drug-likeness (QED) is 0.492. The van der Waals surface area contributed by atoms with Gasteiger partial charge in [-0.2, -0.15) is 0 Å². The molecule has 0 aliphatic rings. The van der Waals surface area contributed by atoms with Crippen molar-refractivity contribution >= 4 is 11.6 Å². The van der Waals surface area contributed by atoms with E-state index in [0.717, 1.165) is 0 Å². The molecule has 2 radical (unpaired) electrons. The zero-order valence-corrected chi connectivity index (χ0v) is 4.24. The van der Waals surface area contributed by atoms with E-state index in [1.165, 1.54) is 6.20 Å². The van der Waals surface area contributed by atoms with Crippen LogP contribution in [0.5, 0.6) is 0 Å². The first kappa shape index (κ1) is 4.60. The summed E-state index contributed by atoms with van der Waals surface area (Å²) in [4.78, 5) is 3.57. The van der Waals surface area contributed by atoms with Gasteiger partial charge in [-0.25, -0.2) is 0 Å². The third-order valence-corrected chi connectivity index (χ3v) is 0.734. The molecule has 1 heterocycles. The van der Waals surface area contributed by atoms with Crippen LogP contribution in [-0.4, -0.2) is 4.98 Å². The number of pyridine rings is 1. The highest BCUT2D eigenvalue weighted by Gasteiger charge is 1.77. The highest BCUT2D eigenvalue weighted by atomic mass is 35.5. The average Bonchev–Trinajstić information content (AvgIpc) is 1.69. The minimum Gasteiger partial charge on any atom is -0.252 e.